The number of anilines is 1. The molecule has 1 atom stereocenters. The lowest BCUT2D eigenvalue weighted by atomic mass is 10.00. The fourth-order valence-electron chi connectivity index (χ4n) is 3.67. The van der Waals surface area contributed by atoms with E-state index in [0.717, 1.165) is 36.8 Å². The number of hydrogen-bond acceptors (Lipinski definition) is 4. The summed E-state index contributed by atoms with van der Waals surface area (Å²) in [6.07, 6.45) is 6.33. The Morgan fingerprint density at radius 2 is 2.15 bits per heavy atom. The van der Waals surface area contributed by atoms with Crippen LogP contribution >= 0.6 is 12.2 Å². The van der Waals surface area contributed by atoms with E-state index in [1.807, 2.05) is 19.1 Å². The molecule has 0 spiro atoms. The summed E-state index contributed by atoms with van der Waals surface area (Å²) in [6.45, 7) is 9.54. The van der Waals surface area contributed by atoms with Gasteiger partial charge in [-0.25, -0.2) is 4.79 Å². The maximum absolute atomic E-state index is 12.0. The third kappa shape index (κ3) is 6.47. The third-order valence-electron chi connectivity index (χ3n) is 5.21. The average molecular weight is 392 g/mol. The van der Waals surface area contributed by atoms with Gasteiger partial charge < -0.3 is 20.3 Å². The first-order chi connectivity index (χ1) is 13.1. The standard InChI is InChI=1S/C21H33N3O2S/c1-4-17-10-6-7-14-24(17)15-9-13-22-21(27)23-19-12-8-11-18(16(19)3)20(25)26-5-2/h8,11-12,17H,4-7,9-10,13-15H2,1-3H3,(H2,22,23,27). The first-order valence-corrected chi connectivity index (χ1v) is 10.5. The van der Waals surface area contributed by atoms with Crippen LogP contribution in [-0.4, -0.2) is 48.3 Å². The van der Waals surface area contributed by atoms with Gasteiger partial charge in [0.05, 0.1) is 12.2 Å². The number of rotatable bonds is 8. The van der Waals surface area contributed by atoms with E-state index in [1.54, 1.807) is 13.0 Å². The number of ether oxygens (including phenoxy) is 1. The van der Waals surface area contributed by atoms with Gasteiger partial charge in [0.15, 0.2) is 5.11 Å². The number of thiocarbonyl (C=S) groups is 1. The summed E-state index contributed by atoms with van der Waals surface area (Å²) in [6, 6.07) is 6.28. The second kappa shape index (κ2) is 11.2. The molecule has 1 fully saturated rings. The van der Waals surface area contributed by atoms with E-state index in [2.05, 4.69) is 22.5 Å². The predicted octanol–water partition coefficient (Wildman–Crippen LogP) is 4.11. The van der Waals surface area contributed by atoms with E-state index in [9.17, 15) is 4.79 Å². The zero-order chi connectivity index (χ0) is 19.6. The molecule has 2 rings (SSSR count). The Kier molecular flexibility index (Phi) is 9.01. The molecule has 27 heavy (non-hydrogen) atoms. The molecule has 0 aliphatic carbocycles. The van der Waals surface area contributed by atoms with Crippen molar-refractivity contribution in [1.82, 2.24) is 10.2 Å². The second-order valence-electron chi connectivity index (χ2n) is 7.03. The Labute approximate surface area is 168 Å². The van der Waals surface area contributed by atoms with Gasteiger partial charge in [-0.1, -0.05) is 19.4 Å². The zero-order valence-electron chi connectivity index (χ0n) is 16.8. The summed E-state index contributed by atoms with van der Waals surface area (Å²) in [5, 5.41) is 7.07. The van der Waals surface area contributed by atoms with Crippen molar-refractivity contribution >= 4 is 29.0 Å². The summed E-state index contributed by atoms with van der Waals surface area (Å²) >= 11 is 5.42. The Morgan fingerprint density at radius 3 is 2.89 bits per heavy atom. The molecule has 1 aromatic carbocycles. The highest BCUT2D eigenvalue weighted by atomic mass is 32.1. The number of piperidine rings is 1. The van der Waals surface area contributed by atoms with Crippen molar-refractivity contribution in [3.63, 3.8) is 0 Å². The minimum atomic E-state index is -0.301. The topological polar surface area (TPSA) is 53.6 Å². The number of carbonyl (C=O) groups is 1. The number of esters is 1. The normalized spacial score (nSPS) is 17.4. The van der Waals surface area contributed by atoms with Gasteiger partial charge in [0.1, 0.15) is 0 Å². The number of nitrogens with zero attached hydrogens (tertiary/aromatic N) is 1. The van der Waals surface area contributed by atoms with Gasteiger partial charge in [0, 0.05) is 24.8 Å². The van der Waals surface area contributed by atoms with E-state index in [0.29, 0.717) is 17.3 Å². The largest absolute Gasteiger partial charge is 0.462 e. The van der Waals surface area contributed by atoms with Crippen LogP contribution in [0.3, 0.4) is 0 Å². The first kappa shape index (κ1) is 21.6. The number of hydrogen-bond donors (Lipinski definition) is 2. The highest BCUT2D eigenvalue weighted by molar-refractivity contribution is 7.80. The summed E-state index contributed by atoms with van der Waals surface area (Å²) in [4.78, 5) is 14.6. The molecule has 1 unspecified atom stereocenters. The van der Waals surface area contributed by atoms with Gasteiger partial charge in [-0.3, -0.25) is 0 Å². The van der Waals surface area contributed by atoms with Crippen molar-refractivity contribution in [3.8, 4) is 0 Å². The number of benzene rings is 1. The van der Waals surface area contributed by atoms with Crippen LogP contribution in [0.1, 0.15) is 61.9 Å². The summed E-state index contributed by atoms with van der Waals surface area (Å²) in [7, 11) is 0. The molecule has 1 aromatic rings. The molecule has 0 radical (unpaired) electrons. The minimum absolute atomic E-state index is 0.301. The third-order valence-corrected chi connectivity index (χ3v) is 5.45. The van der Waals surface area contributed by atoms with Gasteiger partial charge >= 0.3 is 5.97 Å². The van der Waals surface area contributed by atoms with Crippen LogP contribution in [0.4, 0.5) is 5.69 Å². The SMILES string of the molecule is CCOC(=O)c1cccc(NC(=S)NCCCN2CCCCC2CC)c1C. The Balaban J connectivity index is 1.79. The van der Waals surface area contributed by atoms with Gasteiger partial charge in [-0.2, -0.15) is 0 Å². The van der Waals surface area contributed by atoms with Crippen LogP contribution in [0.5, 0.6) is 0 Å². The van der Waals surface area contributed by atoms with Crippen molar-refractivity contribution in [2.24, 2.45) is 0 Å². The van der Waals surface area contributed by atoms with Gasteiger partial charge in [0.2, 0.25) is 0 Å². The van der Waals surface area contributed by atoms with Gasteiger partial charge in [-0.15, -0.1) is 0 Å². The number of carbonyl (C=O) groups excluding carboxylic acids is 1. The summed E-state index contributed by atoms with van der Waals surface area (Å²) < 4.78 is 5.10. The molecule has 1 aliphatic heterocycles. The number of likely N-dealkylation sites (tertiary alicyclic amines) is 1. The van der Waals surface area contributed by atoms with E-state index in [-0.39, 0.29) is 5.97 Å². The molecule has 0 amide bonds. The highest BCUT2D eigenvalue weighted by Gasteiger charge is 2.19. The fourth-order valence-corrected chi connectivity index (χ4v) is 3.88. The minimum Gasteiger partial charge on any atom is -0.462 e. The number of nitrogens with one attached hydrogen (secondary N) is 2. The monoisotopic (exact) mass is 391 g/mol. The van der Waals surface area contributed by atoms with Crippen molar-refractivity contribution in [2.45, 2.75) is 58.9 Å². The lowest BCUT2D eigenvalue weighted by Gasteiger charge is -2.35. The molecular formula is C21H33N3O2S. The quantitative estimate of drug-likeness (QED) is 0.395. The molecule has 6 heteroatoms. The maximum Gasteiger partial charge on any atom is 0.338 e. The van der Waals surface area contributed by atoms with Crippen LogP contribution in [0.2, 0.25) is 0 Å². The smallest absolute Gasteiger partial charge is 0.338 e. The van der Waals surface area contributed by atoms with Crippen LogP contribution in [0, 0.1) is 6.92 Å². The molecule has 1 aliphatic rings. The molecular weight excluding hydrogens is 358 g/mol. The van der Waals surface area contributed by atoms with E-state index >= 15 is 0 Å². The van der Waals surface area contributed by atoms with Crippen LogP contribution < -0.4 is 10.6 Å². The van der Waals surface area contributed by atoms with Crippen molar-refractivity contribution < 1.29 is 9.53 Å². The van der Waals surface area contributed by atoms with Gasteiger partial charge in [-0.05, 0) is 76.0 Å². The highest BCUT2D eigenvalue weighted by Crippen LogP contribution is 2.20. The second-order valence-corrected chi connectivity index (χ2v) is 7.44. The molecule has 5 nitrogen and oxygen atoms in total. The Morgan fingerprint density at radius 1 is 1.33 bits per heavy atom. The van der Waals surface area contributed by atoms with Gasteiger partial charge in [0.25, 0.3) is 0 Å². The average Bonchev–Trinajstić information content (AvgIpc) is 2.67. The van der Waals surface area contributed by atoms with E-state index in [1.165, 1.54) is 32.2 Å². The fraction of sp³-hybridized carbons (Fsp3) is 0.619. The Bertz CT molecular complexity index is 636. The van der Waals surface area contributed by atoms with Crippen molar-refractivity contribution in [2.75, 3.05) is 31.6 Å². The maximum atomic E-state index is 12.0. The summed E-state index contributed by atoms with van der Waals surface area (Å²) in [5.41, 5.74) is 2.25. The van der Waals surface area contributed by atoms with Crippen LogP contribution in [0.25, 0.3) is 0 Å². The summed E-state index contributed by atoms with van der Waals surface area (Å²) in [5.74, 6) is -0.301. The molecule has 150 valence electrons. The molecule has 2 N–H and O–H groups in total. The van der Waals surface area contributed by atoms with E-state index in [4.69, 9.17) is 17.0 Å². The zero-order valence-corrected chi connectivity index (χ0v) is 17.7. The van der Waals surface area contributed by atoms with Crippen molar-refractivity contribution in [3.05, 3.63) is 29.3 Å². The molecule has 1 heterocycles. The molecule has 1 saturated heterocycles. The molecule has 0 saturated carbocycles. The first-order valence-electron chi connectivity index (χ1n) is 10.1. The lowest BCUT2D eigenvalue weighted by Crippen LogP contribution is -2.41. The predicted molar refractivity (Wildman–Crippen MR) is 115 cm³/mol. The molecule has 0 bridgehead atoms. The van der Waals surface area contributed by atoms with Crippen LogP contribution in [-0.2, 0) is 4.74 Å². The molecule has 0 aromatic heterocycles. The van der Waals surface area contributed by atoms with Crippen molar-refractivity contribution in [1.29, 1.82) is 0 Å². The van der Waals surface area contributed by atoms with Crippen LogP contribution in [0.15, 0.2) is 18.2 Å². The Hall–Kier alpha value is -1.66. The lowest BCUT2D eigenvalue weighted by molar-refractivity contribution is 0.0525. The van der Waals surface area contributed by atoms with E-state index < -0.39 is 0 Å².